The maximum Gasteiger partial charge on any atom is 0.302 e. The van der Waals surface area contributed by atoms with E-state index in [1.54, 1.807) is 25.1 Å². The number of nitrogens with zero attached hydrogens (tertiary/aromatic N) is 4. The van der Waals surface area contributed by atoms with Crippen molar-refractivity contribution in [3.8, 4) is 5.88 Å². The lowest BCUT2D eigenvalue weighted by Gasteiger charge is -2.24. The van der Waals surface area contributed by atoms with E-state index in [1.165, 1.54) is 38.7 Å². The Morgan fingerprint density at radius 2 is 1.88 bits per heavy atom. The highest BCUT2D eigenvalue weighted by Crippen LogP contribution is 2.36. The molecule has 0 aliphatic carbocycles. The summed E-state index contributed by atoms with van der Waals surface area (Å²) in [7, 11) is -2.66. The maximum atomic E-state index is 13.6. The van der Waals surface area contributed by atoms with E-state index < -0.39 is 10.0 Å². The molecule has 9 nitrogen and oxygen atoms in total. The van der Waals surface area contributed by atoms with Gasteiger partial charge in [0, 0.05) is 19.3 Å². The molecule has 0 fully saturated rings. The van der Waals surface area contributed by atoms with Crippen LogP contribution < -0.4 is 9.04 Å². The summed E-state index contributed by atoms with van der Waals surface area (Å²) in [6.07, 6.45) is 4.92. The lowest BCUT2D eigenvalue weighted by molar-refractivity contribution is -0.142. The Hall–Kier alpha value is -3.53. The van der Waals surface area contributed by atoms with Gasteiger partial charge in [0.25, 0.3) is 15.9 Å². The molecule has 3 aromatic rings. The summed E-state index contributed by atoms with van der Waals surface area (Å²) < 4.78 is 38.7. The number of carbonyl (C=O) groups is 1. The molecule has 10 heteroatoms. The topological polar surface area (TPSA) is 112 Å². The number of esters is 1. The number of anilines is 2. The molecule has 0 aliphatic heterocycles. The third-order valence-electron chi connectivity index (χ3n) is 4.73. The standard InChI is InChI=1S/C23H26N4O5S/c1-16(15-32-18(3)28)12-19-7-9-20(10-8-19)27(22-23(31-4)26-17(2)13-25-22)33(29,30)21-6-5-11-24-14-21/h5-11,13-14,16H,12,15H2,1-4H3. The van der Waals surface area contributed by atoms with E-state index in [-0.39, 0.29) is 28.5 Å². The van der Waals surface area contributed by atoms with Gasteiger partial charge in [-0.2, -0.15) is 0 Å². The quantitative estimate of drug-likeness (QED) is 0.437. The number of aryl methyl sites for hydroxylation is 1. The summed E-state index contributed by atoms with van der Waals surface area (Å²) in [5, 5.41) is 0. The molecule has 1 aromatic carbocycles. The molecule has 0 spiro atoms. The number of pyridine rings is 1. The summed E-state index contributed by atoms with van der Waals surface area (Å²) in [6, 6.07) is 10.1. The number of benzene rings is 1. The van der Waals surface area contributed by atoms with Gasteiger partial charge in [0.15, 0.2) is 0 Å². The van der Waals surface area contributed by atoms with Gasteiger partial charge < -0.3 is 9.47 Å². The lowest BCUT2D eigenvalue weighted by atomic mass is 10.0. The minimum Gasteiger partial charge on any atom is -0.478 e. The van der Waals surface area contributed by atoms with Crippen molar-refractivity contribution < 1.29 is 22.7 Å². The van der Waals surface area contributed by atoms with Gasteiger partial charge in [0.2, 0.25) is 5.82 Å². The van der Waals surface area contributed by atoms with Gasteiger partial charge >= 0.3 is 5.97 Å². The molecule has 0 bridgehead atoms. The molecule has 1 atom stereocenters. The van der Waals surface area contributed by atoms with Gasteiger partial charge in [0.05, 0.1) is 31.3 Å². The summed E-state index contributed by atoms with van der Waals surface area (Å²) in [6.45, 7) is 5.41. The third-order valence-corrected chi connectivity index (χ3v) is 6.43. The molecular formula is C23H26N4O5S. The van der Waals surface area contributed by atoms with Crippen molar-refractivity contribution in [1.82, 2.24) is 15.0 Å². The van der Waals surface area contributed by atoms with Crippen LogP contribution in [0, 0.1) is 12.8 Å². The van der Waals surface area contributed by atoms with Crippen molar-refractivity contribution in [1.29, 1.82) is 0 Å². The highest BCUT2D eigenvalue weighted by molar-refractivity contribution is 7.93. The zero-order valence-electron chi connectivity index (χ0n) is 18.9. The molecule has 0 aliphatic rings. The van der Waals surface area contributed by atoms with Crippen LogP contribution in [-0.2, 0) is 26.0 Å². The molecule has 2 heterocycles. The molecule has 33 heavy (non-hydrogen) atoms. The van der Waals surface area contributed by atoms with Crippen molar-refractivity contribution in [2.75, 3.05) is 18.0 Å². The average Bonchev–Trinajstić information content (AvgIpc) is 2.80. The molecule has 3 rings (SSSR count). The summed E-state index contributed by atoms with van der Waals surface area (Å²) in [4.78, 5) is 23.6. The molecule has 0 radical (unpaired) electrons. The van der Waals surface area contributed by atoms with Gasteiger partial charge in [-0.25, -0.2) is 22.7 Å². The molecule has 0 amide bonds. The first-order valence-corrected chi connectivity index (χ1v) is 11.7. The van der Waals surface area contributed by atoms with Crippen molar-refractivity contribution in [2.45, 2.75) is 32.1 Å². The molecular weight excluding hydrogens is 444 g/mol. The monoisotopic (exact) mass is 470 g/mol. The van der Waals surface area contributed by atoms with Gasteiger partial charge in [0.1, 0.15) is 4.90 Å². The molecule has 1 unspecified atom stereocenters. The van der Waals surface area contributed by atoms with E-state index >= 15 is 0 Å². The molecule has 0 N–H and O–H groups in total. The van der Waals surface area contributed by atoms with Gasteiger partial charge in [-0.05, 0) is 49.1 Å². The average molecular weight is 471 g/mol. The number of hydrogen-bond acceptors (Lipinski definition) is 8. The number of methoxy groups -OCH3 is 1. The van der Waals surface area contributed by atoms with Crippen LogP contribution in [0.2, 0.25) is 0 Å². The van der Waals surface area contributed by atoms with E-state index in [2.05, 4.69) is 15.0 Å². The summed E-state index contributed by atoms with van der Waals surface area (Å²) in [5.74, 6) is -0.0795. The summed E-state index contributed by atoms with van der Waals surface area (Å²) >= 11 is 0. The minimum atomic E-state index is -4.08. The van der Waals surface area contributed by atoms with E-state index in [0.29, 0.717) is 24.4 Å². The highest BCUT2D eigenvalue weighted by atomic mass is 32.2. The molecule has 2 aromatic heterocycles. The smallest absolute Gasteiger partial charge is 0.302 e. The van der Waals surface area contributed by atoms with E-state index in [1.807, 2.05) is 19.1 Å². The van der Waals surface area contributed by atoms with Crippen molar-refractivity contribution >= 4 is 27.5 Å². The van der Waals surface area contributed by atoms with Crippen molar-refractivity contribution in [2.24, 2.45) is 5.92 Å². The number of carbonyl (C=O) groups excluding carboxylic acids is 1. The van der Waals surface area contributed by atoms with Crippen LogP contribution in [0.3, 0.4) is 0 Å². The van der Waals surface area contributed by atoms with Gasteiger partial charge in [-0.1, -0.05) is 19.1 Å². The third kappa shape index (κ3) is 5.83. The predicted octanol–water partition coefficient (Wildman–Crippen LogP) is 3.46. The van der Waals surface area contributed by atoms with Crippen LogP contribution >= 0.6 is 0 Å². The Labute approximate surface area is 193 Å². The molecule has 174 valence electrons. The van der Waals surface area contributed by atoms with Crippen LogP contribution in [0.4, 0.5) is 11.5 Å². The fourth-order valence-corrected chi connectivity index (χ4v) is 4.60. The first-order valence-electron chi connectivity index (χ1n) is 10.3. The zero-order valence-corrected chi connectivity index (χ0v) is 19.7. The first kappa shape index (κ1) is 24.1. The van der Waals surface area contributed by atoms with Crippen molar-refractivity contribution in [3.05, 3.63) is 66.2 Å². The number of sulfonamides is 1. The van der Waals surface area contributed by atoms with Crippen LogP contribution in [0.5, 0.6) is 5.88 Å². The van der Waals surface area contributed by atoms with Crippen LogP contribution in [0.25, 0.3) is 0 Å². The van der Waals surface area contributed by atoms with Crippen LogP contribution in [0.15, 0.2) is 59.9 Å². The Morgan fingerprint density at radius 3 is 2.48 bits per heavy atom. The number of aromatic nitrogens is 3. The van der Waals surface area contributed by atoms with Crippen molar-refractivity contribution in [3.63, 3.8) is 0 Å². The zero-order chi connectivity index (χ0) is 24.0. The fraction of sp³-hybridized carbons (Fsp3) is 0.304. The summed E-state index contributed by atoms with van der Waals surface area (Å²) in [5.41, 5.74) is 1.93. The fourth-order valence-electron chi connectivity index (χ4n) is 3.19. The SMILES string of the molecule is COc1nc(C)cnc1N(c1ccc(CC(C)COC(C)=O)cc1)S(=O)(=O)c1cccnc1. The lowest BCUT2D eigenvalue weighted by Crippen LogP contribution is -2.28. The molecule has 0 saturated carbocycles. The Balaban J connectivity index is 2.01. The Morgan fingerprint density at radius 1 is 1.15 bits per heavy atom. The Bertz CT molecular complexity index is 1200. The van der Waals surface area contributed by atoms with E-state index in [0.717, 1.165) is 9.87 Å². The minimum absolute atomic E-state index is 0.00788. The largest absolute Gasteiger partial charge is 0.478 e. The number of rotatable bonds is 9. The van der Waals surface area contributed by atoms with Crippen LogP contribution in [0.1, 0.15) is 25.1 Å². The van der Waals surface area contributed by atoms with E-state index in [9.17, 15) is 13.2 Å². The normalized spacial score (nSPS) is 12.1. The van der Waals surface area contributed by atoms with Crippen LogP contribution in [-0.4, -0.2) is 43.1 Å². The molecule has 0 saturated heterocycles. The maximum absolute atomic E-state index is 13.6. The number of hydrogen-bond donors (Lipinski definition) is 0. The second-order valence-corrected chi connectivity index (χ2v) is 9.37. The highest BCUT2D eigenvalue weighted by Gasteiger charge is 2.31. The second-order valence-electron chi connectivity index (χ2n) is 7.58. The van der Waals surface area contributed by atoms with Gasteiger partial charge in [-0.15, -0.1) is 0 Å². The second kappa shape index (κ2) is 10.4. The number of ether oxygens (including phenoxy) is 2. The first-order chi connectivity index (χ1) is 15.7. The van der Waals surface area contributed by atoms with E-state index in [4.69, 9.17) is 9.47 Å². The van der Waals surface area contributed by atoms with Gasteiger partial charge in [-0.3, -0.25) is 9.78 Å². The predicted molar refractivity (Wildman–Crippen MR) is 123 cm³/mol. The Kier molecular flexibility index (Phi) is 7.59.